The number of rotatable bonds is 7. The van der Waals surface area contributed by atoms with Crippen LogP contribution in [0.5, 0.6) is 0 Å². The number of aryl methyl sites for hydroxylation is 3. The molecule has 0 fully saturated rings. The molecule has 0 unspecified atom stereocenters. The van der Waals surface area contributed by atoms with E-state index in [-0.39, 0.29) is 24.0 Å². The monoisotopic (exact) mass is 450 g/mol. The number of carbonyl (C=O) groups is 1. The average Bonchev–Trinajstić information content (AvgIpc) is 3.42. The Labute approximate surface area is 189 Å². The maximum atomic E-state index is 14.5. The molecule has 0 saturated heterocycles. The lowest BCUT2D eigenvalue weighted by atomic mass is 10.1. The third-order valence-electron chi connectivity index (χ3n) is 5.20. The first kappa shape index (κ1) is 21.8. The smallest absolute Gasteiger partial charge is 0.230 e. The largest absolute Gasteiger partial charge is 0.351 e. The second kappa shape index (κ2) is 9.35. The van der Waals surface area contributed by atoms with Crippen molar-refractivity contribution in [3.63, 3.8) is 0 Å². The number of nitrogens with one attached hydrogen (secondary N) is 1. The van der Waals surface area contributed by atoms with Crippen LogP contribution in [0.15, 0.2) is 60.3 Å². The van der Waals surface area contributed by atoms with E-state index in [9.17, 15) is 9.18 Å². The molecule has 4 rings (SSSR count). The number of carbonyl (C=O) groups excluding carboxylic acids is 1. The molecule has 1 amide bonds. The van der Waals surface area contributed by atoms with Gasteiger partial charge in [0.1, 0.15) is 18.0 Å². The molecule has 0 radical (unpaired) electrons. The molecular weight excluding hydrogens is 427 g/mol. The molecule has 2 heterocycles. The first-order chi connectivity index (χ1) is 15.4. The molecule has 0 spiro atoms. The van der Waals surface area contributed by atoms with Crippen molar-refractivity contribution in [3.8, 4) is 11.4 Å². The second-order valence-corrected chi connectivity index (χ2v) is 8.39. The SMILES string of the molecule is Cc1ccc(-n2cnnc2SCC(=O)NCc2ccc(-n3ccnc3C)c(F)c2)cc1C. The van der Waals surface area contributed by atoms with Gasteiger partial charge in [0.05, 0.1) is 11.4 Å². The van der Waals surface area contributed by atoms with Crippen molar-refractivity contribution in [1.82, 2.24) is 29.6 Å². The summed E-state index contributed by atoms with van der Waals surface area (Å²) in [5.74, 6) is 0.349. The maximum absolute atomic E-state index is 14.5. The van der Waals surface area contributed by atoms with Gasteiger partial charge in [-0.15, -0.1) is 10.2 Å². The normalized spacial score (nSPS) is 11.0. The van der Waals surface area contributed by atoms with E-state index in [0.29, 0.717) is 22.2 Å². The Bertz CT molecular complexity index is 1270. The Balaban J connectivity index is 1.35. The number of hydrogen-bond acceptors (Lipinski definition) is 5. The standard InChI is InChI=1S/C23H23FN6OS/c1-15-4-6-19(10-16(15)2)30-14-27-28-23(30)32-13-22(31)26-12-18-5-7-21(20(24)11-18)29-9-8-25-17(29)3/h4-11,14H,12-13H2,1-3H3,(H,26,31). The van der Waals surface area contributed by atoms with Gasteiger partial charge in [0.25, 0.3) is 0 Å². The van der Waals surface area contributed by atoms with Crippen LogP contribution in [0.1, 0.15) is 22.5 Å². The van der Waals surface area contributed by atoms with Crippen LogP contribution in [-0.2, 0) is 11.3 Å². The third-order valence-corrected chi connectivity index (χ3v) is 6.15. The minimum atomic E-state index is -0.367. The van der Waals surface area contributed by atoms with Crippen LogP contribution in [0.2, 0.25) is 0 Å². The lowest BCUT2D eigenvalue weighted by Crippen LogP contribution is -2.24. The van der Waals surface area contributed by atoms with Gasteiger partial charge in [-0.3, -0.25) is 9.36 Å². The van der Waals surface area contributed by atoms with Crippen molar-refractivity contribution >= 4 is 17.7 Å². The zero-order valence-corrected chi connectivity index (χ0v) is 18.9. The Morgan fingerprint density at radius 3 is 2.66 bits per heavy atom. The van der Waals surface area contributed by atoms with Crippen molar-refractivity contribution < 1.29 is 9.18 Å². The van der Waals surface area contributed by atoms with Crippen molar-refractivity contribution in [2.75, 3.05) is 5.75 Å². The summed E-state index contributed by atoms with van der Waals surface area (Å²) in [5, 5.41) is 11.6. The second-order valence-electron chi connectivity index (χ2n) is 7.45. The van der Waals surface area contributed by atoms with Gasteiger partial charge >= 0.3 is 0 Å². The molecule has 0 aliphatic carbocycles. The quantitative estimate of drug-likeness (QED) is 0.432. The van der Waals surface area contributed by atoms with E-state index < -0.39 is 0 Å². The molecule has 0 saturated carbocycles. The molecular formula is C23H23FN6OS. The van der Waals surface area contributed by atoms with Crippen molar-refractivity contribution in [2.24, 2.45) is 0 Å². The van der Waals surface area contributed by atoms with E-state index in [0.717, 1.165) is 5.69 Å². The van der Waals surface area contributed by atoms with Crippen LogP contribution < -0.4 is 5.32 Å². The molecule has 0 bridgehead atoms. The van der Waals surface area contributed by atoms with Gasteiger partial charge in [-0.1, -0.05) is 23.9 Å². The summed E-state index contributed by atoms with van der Waals surface area (Å²) >= 11 is 1.30. The fourth-order valence-corrected chi connectivity index (χ4v) is 4.00. The topological polar surface area (TPSA) is 77.6 Å². The lowest BCUT2D eigenvalue weighted by Gasteiger charge is -2.10. The highest BCUT2D eigenvalue weighted by molar-refractivity contribution is 7.99. The van der Waals surface area contributed by atoms with E-state index in [1.807, 2.05) is 23.6 Å². The molecule has 164 valence electrons. The van der Waals surface area contributed by atoms with Crippen molar-refractivity contribution in [2.45, 2.75) is 32.5 Å². The molecule has 0 aliphatic rings. The highest BCUT2D eigenvalue weighted by atomic mass is 32.2. The zero-order valence-electron chi connectivity index (χ0n) is 18.0. The van der Waals surface area contributed by atoms with Crippen LogP contribution in [0, 0.1) is 26.6 Å². The summed E-state index contributed by atoms with van der Waals surface area (Å²) in [6.45, 7) is 6.16. The number of amides is 1. The minimum absolute atomic E-state index is 0.167. The van der Waals surface area contributed by atoms with E-state index in [4.69, 9.17) is 0 Å². The van der Waals surface area contributed by atoms with E-state index in [1.165, 1.54) is 29.0 Å². The molecule has 1 N–H and O–H groups in total. The van der Waals surface area contributed by atoms with Crippen LogP contribution in [0.3, 0.4) is 0 Å². The summed E-state index contributed by atoms with van der Waals surface area (Å²) < 4.78 is 18.1. The number of nitrogens with zero attached hydrogens (tertiary/aromatic N) is 5. The molecule has 2 aromatic carbocycles. The van der Waals surface area contributed by atoms with E-state index in [2.05, 4.69) is 40.4 Å². The summed E-state index contributed by atoms with van der Waals surface area (Å²) in [5.41, 5.74) is 4.44. The van der Waals surface area contributed by atoms with Gasteiger partial charge in [0, 0.05) is 24.6 Å². The molecule has 9 heteroatoms. The fraction of sp³-hybridized carbons (Fsp3) is 0.217. The highest BCUT2D eigenvalue weighted by Crippen LogP contribution is 2.21. The van der Waals surface area contributed by atoms with E-state index >= 15 is 0 Å². The summed E-state index contributed by atoms with van der Waals surface area (Å²) in [7, 11) is 0. The van der Waals surface area contributed by atoms with Crippen LogP contribution >= 0.6 is 11.8 Å². The van der Waals surface area contributed by atoms with Crippen LogP contribution in [0.4, 0.5) is 4.39 Å². The van der Waals surface area contributed by atoms with Gasteiger partial charge < -0.3 is 9.88 Å². The summed E-state index contributed by atoms with van der Waals surface area (Å²) in [4.78, 5) is 16.5. The predicted molar refractivity (Wildman–Crippen MR) is 122 cm³/mol. The molecule has 7 nitrogen and oxygen atoms in total. The molecule has 0 aliphatic heterocycles. The summed E-state index contributed by atoms with van der Waals surface area (Å²) in [6.07, 6.45) is 4.97. The predicted octanol–water partition coefficient (Wildman–Crippen LogP) is 3.93. The molecule has 32 heavy (non-hydrogen) atoms. The Morgan fingerprint density at radius 2 is 1.94 bits per heavy atom. The van der Waals surface area contributed by atoms with Gasteiger partial charge in [-0.25, -0.2) is 9.37 Å². The van der Waals surface area contributed by atoms with Gasteiger partial charge in [-0.2, -0.15) is 0 Å². The Hall–Kier alpha value is -3.46. The lowest BCUT2D eigenvalue weighted by molar-refractivity contribution is -0.118. The molecule has 2 aromatic heterocycles. The third kappa shape index (κ3) is 4.72. The first-order valence-corrected chi connectivity index (χ1v) is 11.1. The maximum Gasteiger partial charge on any atom is 0.230 e. The minimum Gasteiger partial charge on any atom is -0.351 e. The number of halogens is 1. The van der Waals surface area contributed by atoms with Gasteiger partial charge in [-0.05, 0) is 61.7 Å². The number of aromatic nitrogens is 5. The van der Waals surface area contributed by atoms with E-state index in [1.54, 1.807) is 35.4 Å². The molecule has 4 aromatic rings. The first-order valence-electron chi connectivity index (χ1n) is 10.1. The van der Waals surface area contributed by atoms with Crippen molar-refractivity contribution in [1.29, 1.82) is 0 Å². The van der Waals surface area contributed by atoms with Gasteiger partial charge in [0.15, 0.2) is 5.16 Å². The number of hydrogen-bond donors (Lipinski definition) is 1. The Kier molecular flexibility index (Phi) is 6.36. The average molecular weight is 451 g/mol. The van der Waals surface area contributed by atoms with Gasteiger partial charge in [0.2, 0.25) is 5.91 Å². The van der Waals surface area contributed by atoms with Crippen LogP contribution in [0.25, 0.3) is 11.4 Å². The highest BCUT2D eigenvalue weighted by Gasteiger charge is 2.12. The van der Waals surface area contributed by atoms with Crippen LogP contribution in [-0.4, -0.2) is 36.0 Å². The molecule has 0 atom stereocenters. The Morgan fingerprint density at radius 1 is 1.09 bits per heavy atom. The summed E-state index contributed by atoms with van der Waals surface area (Å²) in [6, 6.07) is 11.0. The zero-order chi connectivity index (χ0) is 22.7. The number of benzene rings is 2. The number of thioether (sulfide) groups is 1. The number of imidazole rings is 1. The van der Waals surface area contributed by atoms with Crippen molar-refractivity contribution in [3.05, 3.63) is 83.5 Å². The fourth-order valence-electron chi connectivity index (χ4n) is 3.25.